The van der Waals surface area contributed by atoms with Crippen LogP contribution in [0.25, 0.3) is 0 Å². The fourth-order valence-electron chi connectivity index (χ4n) is 2.80. The van der Waals surface area contributed by atoms with Crippen molar-refractivity contribution in [1.82, 2.24) is 4.72 Å². The van der Waals surface area contributed by atoms with Gasteiger partial charge in [0.2, 0.25) is 0 Å². The van der Waals surface area contributed by atoms with Crippen molar-refractivity contribution >= 4 is 21.4 Å². The first kappa shape index (κ1) is 14.8. The van der Waals surface area contributed by atoms with Crippen LogP contribution in [0.1, 0.15) is 42.5 Å². The number of aryl methyl sites for hydroxylation is 2. The van der Waals surface area contributed by atoms with E-state index in [1.165, 1.54) is 35.3 Å². The molecule has 0 bridgehead atoms. The molecule has 1 atom stereocenters. The highest BCUT2D eigenvalue weighted by Crippen LogP contribution is 2.26. The van der Waals surface area contributed by atoms with E-state index in [1.807, 2.05) is 13.0 Å². The van der Waals surface area contributed by atoms with Crippen LogP contribution in [0.4, 0.5) is 0 Å². The van der Waals surface area contributed by atoms with Crippen molar-refractivity contribution in [3.63, 3.8) is 0 Å². The Bertz CT molecular complexity index is 721. The van der Waals surface area contributed by atoms with Gasteiger partial charge in [0.15, 0.2) is 0 Å². The van der Waals surface area contributed by atoms with Crippen molar-refractivity contribution in [2.45, 2.75) is 42.9 Å². The van der Waals surface area contributed by atoms with Crippen LogP contribution in [0.15, 0.2) is 39.9 Å². The van der Waals surface area contributed by atoms with Crippen LogP contribution in [0.2, 0.25) is 0 Å². The Morgan fingerprint density at radius 3 is 2.62 bits per heavy atom. The summed E-state index contributed by atoms with van der Waals surface area (Å²) in [4.78, 5) is 0. The summed E-state index contributed by atoms with van der Waals surface area (Å²) in [5, 5.41) is 1.78. The van der Waals surface area contributed by atoms with Gasteiger partial charge in [-0.3, -0.25) is 0 Å². The number of hydrogen-bond donors (Lipinski definition) is 1. The van der Waals surface area contributed by atoms with Gasteiger partial charge in [0.1, 0.15) is 4.21 Å². The molecular formula is C16H19NO2S2. The van der Waals surface area contributed by atoms with E-state index in [1.54, 1.807) is 17.5 Å². The van der Waals surface area contributed by atoms with Gasteiger partial charge in [-0.05, 0) is 60.7 Å². The summed E-state index contributed by atoms with van der Waals surface area (Å²) in [7, 11) is -3.42. The fraction of sp³-hybridized carbons (Fsp3) is 0.375. The fourth-order valence-corrected chi connectivity index (χ4v) is 5.04. The normalized spacial score (nSPS) is 16.4. The molecule has 0 saturated heterocycles. The molecule has 1 aromatic carbocycles. The molecule has 21 heavy (non-hydrogen) atoms. The van der Waals surface area contributed by atoms with E-state index in [0.29, 0.717) is 4.21 Å². The Morgan fingerprint density at radius 1 is 1.14 bits per heavy atom. The van der Waals surface area contributed by atoms with Crippen molar-refractivity contribution in [1.29, 1.82) is 0 Å². The summed E-state index contributed by atoms with van der Waals surface area (Å²) >= 11 is 1.24. The number of hydrogen-bond acceptors (Lipinski definition) is 3. The van der Waals surface area contributed by atoms with E-state index < -0.39 is 10.0 Å². The molecule has 1 heterocycles. The van der Waals surface area contributed by atoms with E-state index in [9.17, 15) is 8.42 Å². The molecule has 112 valence electrons. The standard InChI is InChI=1S/C16H19NO2S2/c1-12(17-21(18,19)16-7-4-10-20-16)14-9-8-13-5-2-3-6-15(13)11-14/h4,7-12,17H,2-3,5-6H2,1H3/t12-/m0/s1. The van der Waals surface area contributed by atoms with E-state index in [-0.39, 0.29) is 6.04 Å². The van der Waals surface area contributed by atoms with Gasteiger partial charge < -0.3 is 0 Å². The zero-order valence-corrected chi connectivity index (χ0v) is 13.6. The van der Waals surface area contributed by atoms with Gasteiger partial charge >= 0.3 is 0 Å². The highest BCUT2D eigenvalue weighted by atomic mass is 32.2. The van der Waals surface area contributed by atoms with Crippen LogP contribution >= 0.6 is 11.3 Å². The van der Waals surface area contributed by atoms with Crippen LogP contribution in [-0.2, 0) is 22.9 Å². The molecule has 2 aromatic rings. The zero-order chi connectivity index (χ0) is 14.9. The van der Waals surface area contributed by atoms with Crippen LogP contribution in [0.5, 0.6) is 0 Å². The second-order valence-corrected chi connectivity index (χ2v) is 8.40. The van der Waals surface area contributed by atoms with Gasteiger partial charge in [0.25, 0.3) is 10.0 Å². The second kappa shape index (κ2) is 5.91. The molecule has 1 aliphatic rings. The monoisotopic (exact) mass is 321 g/mol. The minimum atomic E-state index is -3.42. The SMILES string of the molecule is C[C@H](NS(=O)(=O)c1cccs1)c1ccc2c(c1)CCCC2. The Kier molecular flexibility index (Phi) is 4.15. The van der Waals surface area contributed by atoms with Gasteiger partial charge in [-0.15, -0.1) is 11.3 Å². The lowest BCUT2D eigenvalue weighted by Gasteiger charge is -2.19. The Balaban J connectivity index is 1.81. The lowest BCUT2D eigenvalue weighted by molar-refractivity contribution is 0.568. The number of fused-ring (bicyclic) bond motifs is 1. The van der Waals surface area contributed by atoms with Crippen LogP contribution < -0.4 is 4.72 Å². The molecule has 0 unspecified atom stereocenters. The third-order valence-electron chi connectivity index (χ3n) is 3.96. The molecule has 5 heteroatoms. The van der Waals surface area contributed by atoms with E-state index in [2.05, 4.69) is 16.9 Å². The zero-order valence-electron chi connectivity index (χ0n) is 12.0. The number of sulfonamides is 1. The summed E-state index contributed by atoms with van der Waals surface area (Å²) in [5.74, 6) is 0. The summed E-state index contributed by atoms with van der Waals surface area (Å²) in [5.41, 5.74) is 3.83. The van der Waals surface area contributed by atoms with Crippen LogP contribution in [-0.4, -0.2) is 8.42 Å². The van der Waals surface area contributed by atoms with Gasteiger partial charge in [-0.2, -0.15) is 0 Å². The molecule has 0 aliphatic heterocycles. The average molecular weight is 321 g/mol. The predicted octanol–water partition coefficient (Wildman–Crippen LogP) is 3.67. The first-order chi connectivity index (χ1) is 10.1. The minimum Gasteiger partial charge on any atom is -0.206 e. The van der Waals surface area contributed by atoms with Crippen LogP contribution in [0, 0.1) is 0 Å². The summed E-state index contributed by atoms with van der Waals surface area (Å²) in [6.07, 6.45) is 4.73. The Labute approximate surface area is 130 Å². The molecule has 3 rings (SSSR count). The maximum atomic E-state index is 12.3. The summed E-state index contributed by atoms with van der Waals surface area (Å²) in [6.45, 7) is 1.90. The van der Waals surface area contributed by atoms with Gasteiger partial charge in [-0.1, -0.05) is 24.3 Å². The second-order valence-electron chi connectivity index (χ2n) is 5.51. The van der Waals surface area contributed by atoms with E-state index in [0.717, 1.165) is 18.4 Å². The number of nitrogens with one attached hydrogen (secondary N) is 1. The Hall–Kier alpha value is -1.17. The molecule has 0 saturated carbocycles. The summed E-state index contributed by atoms with van der Waals surface area (Å²) in [6, 6.07) is 9.53. The quantitative estimate of drug-likeness (QED) is 0.934. The number of benzene rings is 1. The first-order valence-corrected chi connectivity index (χ1v) is 9.60. The molecule has 0 fully saturated rings. The smallest absolute Gasteiger partial charge is 0.206 e. The highest BCUT2D eigenvalue weighted by molar-refractivity contribution is 7.91. The van der Waals surface area contributed by atoms with E-state index >= 15 is 0 Å². The van der Waals surface area contributed by atoms with Crippen molar-refractivity contribution in [2.75, 3.05) is 0 Å². The van der Waals surface area contributed by atoms with Crippen molar-refractivity contribution < 1.29 is 8.42 Å². The molecule has 0 spiro atoms. The van der Waals surface area contributed by atoms with Crippen LogP contribution in [0.3, 0.4) is 0 Å². The molecule has 1 aliphatic carbocycles. The summed E-state index contributed by atoms with van der Waals surface area (Å²) < 4.78 is 27.7. The predicted molar refractivity (Wildman–Crippen MR) is 86.1 cm³/mol. The van der Waals surface area contributed by atoms with Crippen molar-refractivity contribution in [3.8, 4) is 0 Å². The molecule has 0 radical (unpaired) electrons. The maximum Gasteiger partial charge on any atom is 0.250 e. The van der Waals surface area contributed by atoms with Crippen molar-refractivity contribution in [2.24, 2.45) is 0 Å². The van der Waals surface area contributed by atoms with Crippen molar-refractivity contribution in [3.05, 3.63) is 52.4 Å². The van der Waals surface area contributed by atoms with Gasteiger partial charge in [0.05, 0.1) is 0 Å². The third-order valence-corrected chi connectivity index (χ3v) is 6.90. The Morgan fingerprint density at radius 2 is 1.90 bits per heavy atom. The number of rotatable bonds is 4. The van der Waals surface area contributed by atoms with Gasteiger partial charge in [-0.25, -0.2) is 13.1 Å². The molecular weight excluding hydrogens is 302 g/mol. The van der Waals surface area contributed by atoms with E-state index in [4.69, 9.17) is 0 Å². The first-order valence-electron chi connectivity index (χ1n) is 7.24. The highest BCUT2D eigenvalue weighted by Gasteiger charge is 2.20. The minimum absolute atomic E-state index is 0.218. The number of thiophene rings is 1. The van der Waals surface area contributed by atoms with Gasteiger partial charge in [0, 0.05) is 6.04 Å². The molecule has 1 N–H and O–H groups in total. The lowest BCUT2D eigenvalue weighted by Crippen LogP contribution is -2.26. The molecule has 3 nitrogen and oxygen atoms in total. The third kappa shape index (κ3) is 3.20. The average Bonchev–Trinajstić information content (AvgIpc) is 3.01. The topological polar surface area (TPSA) is 46.2 Å². The molecule has 1 aromatic heterocycles. The molecule has 0 amide bonds. The largest absolute Gasteiger partial charge is 0.250 e. The maximum absolute atomic E-state index is 12.3. The lowest BCUT2D eigenvalue weighted by atomic mass is 9.89.